The first-order valence-electron chi connectivity index (χ1n) is 6.47. The zero-order chi connectivity index (χ0) is 12.8. The average molecular weight is 248 g/mol. The Morgan fingerprint density at radius 3 is 2.44 bits per heavy atom. The van der Waals surface area contributed by atoms with Gasteiger partial charge in [0.05, 0.1) is 0 Å². The fraction of sp³-hybridized carbons (Fsp3) is 0.500. The molecule has 0 aromatic heterocycles. The zero-order valence-corrected chi connectivity index (χ0v) is 10.8. The van der Waals surface area contributed by atoms with Crippen LogP contribution in [0.2, 0.25) is 0 Å². The van der Waals surface area contributed by atoms with Crippen molar-refractivity contribution in [3.63, 3.8) is 0 Å². The molecule has 1 saturated heterocycles. The van der Waals surface area contributed by atoms with Crippen molar-refractivity contribution in [2.75, 3.05) is 32.7 Å². The number of hydrogen-bond acceptors (Lipinski definition) is 4. The molecule has 1 unspecified atom stereocenters. The van der Waals surface area contributed by atoms with Crippen LogP contribution in [0.1, 0.15) is 6.92 Å². The van der Waals surface area contributed by atoms with E-state index in [0.29, 0.717) is 0 Å². The molecule has 0 radical (unpaired) electrons. The molecular formula is C14H20N2O2. The van der Waals surface area contributed by atoms with E-state index in [4.69, 9.17) is 4.74 Å². The minimum absolute atomic E-state index is 0.466. The Bertz CT molecular complexity index is 361. The highest BCUT2D eigenvalue weighted by Gasteiger charge is 2.23. The number of carbonyl (C=O) groups is 1. The first-order valence-corrected chi connectivity index (χ1v) is 6.47. The lowest BCUT2D eigenvalue weighted by Crippen LogP contribution is -2.52. The van der Waals surface area contributed by atoms with E-state index in [2.05, 4.69) is 16.7 Å². The van der Waals surface area contributed by atoms with Gasteiger partial charge in [0, 0.05) is 26.2 Å². The van der Waals surface area contributed by atoms with Crippen LogP contribution in [0.3, 0.4) is 0 Å². The SMILES string of the molecule is CCN1CCN(C(C=O)Oc2ccccc2)CC1. The first-order chi connectivity index (χ1) is 8.83. The minimum Gasteiger partial charge on any atom is -0.468 e. The van der Waals surface area contributed by atoms with Gasteiger partial charge in [-0.2, -0.15) is 0 Å². The fourth-order valence-corrected chi connectivity index (χ4v) is 2.16. The minimum atomic E-state index is -0.466. The number of nitrogens with zero attached hydrogens (tertiary/aromatic N) is 2. The molecule has 0 saturated carbocycles. The second-order valence-electron chi connectivity index (χ2n) is 4.43. The molecule has 1 heterocycles. The van der Waals surface area contributed by atoms with Gasteiger partial charge in [-0.25, -0.2) is 0 Å². The van der Waals surface area contributed by atoms with Gasteiger partial charge in [-0.3, -0.25) is 9.69 Å². The lowest BCUT2D eigenvalue weighted by Gasteiger charge is -2.36. The van der Waals surface area contributed by atoms with E-state index in [1.54, 1.807) is 0 Å². The fourth-order valence-electron chi connectivity index (χ4n) is 2.16. The third-order valence-electron chi connectivity index (χ3n) is 3.33. The number of para-hydroxylation sites is 1. The summed E-state index contributed by atoms with van der Waals surface area (Å²) in [5, 5.41) is 0. The topological polar surface area (TPSA) is 32.8 Å². The Labute approximate surface area is 108 Å². The Hall–Kier alpha value is -1.39. The summed E-state index contributed by atoms with van der Waals surface area (Å²) in [4.78, 5) is 15.6. The van der Waals surface area contributed by atoms with Crippen LogP contribution in [0, 0.1) is 0 Å². The van der Waals surface area contributed by atoms with Gasteiger partial charge in [-0.1, -0.05) is 25.1 Å². The number of aldehydes is 1. The highest BCUT2D eigenvalue weighted by Crippen LogP contribution is 2.13. The maximum absolute atomic E-state index is 11.2. The smallest absolute Gasteiger partial charge is 0.209 e. The third-order valence-corrected chi connectivity index (χ3v) is 3.33. The van der Waals surface area contributed by atoms with Crippen LogP contribution in [0.4, 0.5) is 0 Å². The molecular weight excluding hydrogens is 228 g/mol. The molecule has 1 atom stereocenters. The van der Waals surface area contributed by atoms with Gasteiger partial charge < -0.3 is 9.64 Å². The van der Waals surface area contributed by atoms with E-state index in [9.17, 15) is 4.79 Å². The molecule has 0 aliphatic carbocycles. The standard InChI is InChI=1S/C14H20N2O2/c1-2-15-8-10-16(11-9-15)14(12-17)18-13-6-4-3-5-7-13/h3-7,12,14H,2,8-11H2,1H3. The molecule has 1 aliphatic heterocycles. The van der Waals surface area contributed by atoms with Gasteiger partial charge in [-0.05, 0) is 18.7 Å². The van der Waals surface area contributed by atoms with E-state index >= 15 is 0 Å². The second kappa shape index (κ2) is 6.52. The van der Waals surface area contributed by atoms with E-state index < -0.39 is 6.23 Å². The zero-order valence-electron chi connectivity index (χ0n) is 10.8. The molecule has 0 amide bonds. The predicted octanol–water partition coefficient (Wildman–Crippen LogP) is 1.23. The van der Waals surface area contributed by atoms with Crippen molar-refractivity contribution < 1.29 is 9.53 Å². The number of ether oxygens (including phenoxy) is 1. The molecule has 4 heteroatoms. The van der Waals surface area contributed by atoms with Crippen LogP contribution in [0.5, 0.6) is 5.75 Å². The highest BCUT2D eigenvalue weighted by atomic mass is 16.5. The van der Waals surface area contributed by atoms with Crippen molar-refractivity contribution >= 4 is 6.29 Å². The molecule has 4 nitrogen and oxygen atoms in total. The lowest BCUT2D eigenvalue weighted by atomic mass is 10.3. The van der Waals surface area contributed by atoms with Gasteiger partial charge in [0.2, 0.25) is 6.23 Å². The molecule has 1 fully saturated rings. The largest absolute Gasteiger partial charge is 0.468 e. The molecule has 1 aromatic rings. The van der Waals surface area contributed by atoms with E-state index in [1.165, 1.54) is 0 Å². The van der Waals surface area contributed by atoms with Gasteiger partial charge >= 0.3 is 0 Å². The summed E-state index contributed by atoms with van der Waals surface area (Å²) in [5.74, 6) is 0.743. The van der Waals surface area contributed by atoms with Crippen LogP contribution in [-0.2, 0) is 4.79 Å². The molecule has 1 aromatic carbocycles. The number of carbonyl (C=O) groups excluding carboxylic acids is 1. The first kappa shape index (κ1) is 13.1. The third kappa shape index (κ3) is 3.31. The monoisotopic (exact) mass is 248 g/mol. The molecule has 1 aliphatic rings. The van der Waals surface area contributed by atoms with Crippen LogP contribution < -0.4 is 4.74 Å². The average Bonchev–Trinajstić information content (AvgIpc) is 2.46. The van der Waals surface area contributed by atoms with Crippen LogP contribution in [0.25, 0.3) is 0 Å². The molecule has 18 heavy (non-hydrogen) atoms. The molecule has 0 bridgehead atoms. The summed E-state index contributed by atoms with van der Waals surface area (Å²) in [7, 11) is 0. The van der Waals surface area contributed by atoms with Crippen molar-refractivity contribution in [1.82, 2.24) is 9.80 Å². The number of piperazine rings is 1. The van der Waals surface area contributed by atoms with Gasteiger partial charge in [0.25, 0.3) is 0 Å². The van der Waals surface area contributed by atoms with Crippen molar-refractivity contribution in [1.29, 1.82) is 0 Å². The number of rotatable bonds is 5. The van der Waals surface area contributed by atoms with Gasteiger partial charge in [0.1, 0.15) is 5.75 Å². The van der Waals surface area contributed by atoms with Crippen molar-refractivity contribution in [2.45, 2.75) is 13.2 Å². The normalized spacial score (nSPS) is 19.4. The van der Waals surface area contributed by atoms with Crippen LogP contribution in [-0.4, -0.2) is 55.0 Å². The van der Waals surface area contributed by atoms with E-state index in [-0.39, 0.29) is 0 Å². The number of hydrogen-bond donors (Lipinski definition) is 0. The Kier molecular flexibility index (Phi) is 4.73. The second-order valence-corrected chi connectivity index (χ2v) is 4.43. The van der Waals surface area contributed by atoms with Crippen LogP contribution in [0.15, 0.2) is 30.3 Å². The summed E-state index contributed by atoms with van der Waals surface area (Å²) in [6.45, 7) is 6.98. The summed E-state index contributed by atoms with van der Waals surface area (Å²) in [5.41, 5.74) is 0. The summed E-state index contributed by atoms with van der Waals surface area (Å²) in [6, 6.07) is 9.50. The van der Waals surface area contributed by atoms with Crippen LogP contribution >= 0.6 is 0 Å². The van der Waals surface area contributed by atoms with Crippen molar-refractivity contribution in [3.05, 3.63) is 30.3 Å². The highest BCUT2D eigenvalue weighted by molar-refractivity contribution is 5.56. The molecule has 2 rings (SSSR count). The lowest BCUT2D eigenvalue weighted by molar-refractivity contribution is -0.123. The predicted molar refractivity (Wildman–Crippen MR) is 70.6 cm³/mol. The number of likely N-dealkylation sites (N-methyl/N-ethyl adjacent to an activating group) is 1. The maximum Gasteiger partial charge on any atom is 0.209 e. The van der Waals surface area contributed by atoms with Gasteiger partial charge in [0.15, 0.2) is 6.29 Å². The quantitative estimate of drug-likeness (QED) is 0.734. The summed E-state index contributed by atoms with van der Waals surface area (Å²) in [6.07, 6.45) is 0.417. The number of benzene rings is 1. The Morgan fingerprint density at radius 2 is 1.89 bits per heavy atom. The Morgan fingerprint density at radius 1 is 1.22 bits per heavy atom. The molecule has 0 N–H and O–H groups in total. The molecule has 0 spiro atoms. The molecule has 98 valence electrons. The van der Waals surface area contributed by atoms with E-state index in [0.717, 1.165) is 44.8 Å². The maximum atomic E-state index is 11.2. The summed E-state index contributed by atoms with van der Waals surface area (Å²) < 4.78 is 5.71. The summed E-state index contributed by atoms with van der Waals surface area (Å²) >= 11 is 0. The Balaban J connectivity index is 1.91. The van der Waals surface area contributed by atoms with Gasteiger partial charge in [-0.15, -0.1) is 0 Å². The van der Waals surface area contributed by atoms with E-state index in [1.807, 2.05) is 30.3 Å². The van der Waals surface area contributed by atoms with Crippen molar-refractivity contribution in [3.8, 4) is 5.75 Å². The van der Waals surface area contributed by atoms with Crippen molar-refractivity contribution in [2.24, 2.45) is 0 Å².